The van der Waals surface area contributed by atoms with Crippen molar-refractivity contribution in [2.45, 2.75) is 174 Å². The first kappa shape index (κ1) is 34.0. The predicted octanol–water partition coefficient (Wildman–Crippen LogP) is 11.4. The van der Waals surface area contributed by atoms with Gasteiger partial charge in [0.05, 0.1) is 6.61 Å². The van der Waals surface area contributed by atoms with Crippen LogP contribution >= 0.6 is 0 Å². The van der Waals surface area contributed by atoms with E-state index in [1.807, 2.05) is 0 Å². The second-order valence-corrected chi connectivity index (χ2v) is 11.5. The van der Waals surface area contributed by atoms with Gasteiger partial charge in [0.15, 0.2) is 0 Å². The molecule has 0 unspecified atom stereocenters. The Hall–Kier alpha value is -1.02. The van der Waals surface area contributed by atoms with Crippen molar-refractivity contribution in [2.75, 3.05) is 13.2 Å². The molecule has 0 saturated heterocycles. The van der Waals surface area contributed by atoms with Crippen LogP contribution in [0.5, 0.6) is 5.75 Å². The molecule has 0 saturated carbocycles. The Morgan fingerprint density at radius 1 is 0.459 bits per heavy atom. The monoisotopic (exact) mass is 516 g/mol. The zero-order valence-electron chi connectivity index (χ0n) is 25.0. The molecule has 0 atom stereocenters. The van der Waals surface area contributed by atoms with Crippen LogP contribution in [0.2, 0.25) is 0 Å². The minimum absolute atomic E-state index is 0.366. The van der Waals surface area contributed by atoms with Crippen molar-refractivity contribution < 1.29 is 9.84 Å². The molecule has 0 aliphatic heterocycles. The molecule has 0 heterocycles. The van der Waals surface area contributed by atoms with E-state index >= 15 is 0 Å². The molecule has 1 rings (SSSR count). The molecule has 0 aliphatic rings. The van der Waals surface area contributed by atoms with E-state index in [-0.39, 0.29) is 0 Å². The normalized spacial score (nSPS) is 11.3. The van der Waals surface area contributed by atoms with Crippen molar-refractivity contribution in [1.29, 1.82) is 0 Å². The number of aliphatic hydroxyl groups is 1. The summed E-state index contributed by atoms with van der Waals surface area (Å²) in [4.78, 5) is 0. The van der Waals surface area contributed by atoms with Crippen LogP contribution in [0.15, 0.2) is 24.3 Å². The third kappa shape index (κ3) is 23.8. The van der Waals surface area contributed by atoms with Gasteiger partial charge in [0.25, 0.3) is 0 Å². The predicted molar refractivity (Wildman–Crippen MR) is 164 cm³/mol. The van der Waals surface area contributed by atoms with Gasteiger partial charge in [-0.3, -0.25) is 0 Å². The van der Waals surface area contributed by atoms with Gasteiger partial charge in [0, 0.05) is 6.61 Å². The Bertz CT molecular complexity index is 553. The van der Waals surface area contributed by atoms with Gasteiger partial charge < -0.3 is 9.84 Å². The number of benzene rings is 1. The molecule has 216 valence electrons. The molecule has 0 amide bonds. The van der Waals surface area contributed by atoms with Crippen molar-refractivity contribution in [1.82, 2.24) is 0 Å². The maximum atomic E-state index is 8.78. The van der Waals surface area contributed by atoms with Crippen molar-refractivity contribution >= 4 is 0 Å². The zero-order chi connectivity index (χ0) is 26.5. The third-order valence-corrected chi connectivity index (χ3v) is 7.81. The molecule has 0 radical (unpaired) electrons. The fourth-order valence-corrected chi connectivity index (χ4v) is 5.27. The maximum Gasteiger partial charge on any atom is 0.119 e. The van der Waals surface area contributed by atoms with Crippen LogP contribution in [-0.2, 0) is 6.42 Å². The molecule has 0 spiro atoms. The third-order valence-electron chi connectivity index (χ3n) is 7.81. The first-order chi connectivity index (χ1) is 18.4. The number of unbranched alkanes of at least 4 members (excludes halogenated alkanes) is 23. The Kier molecular flexibility index (Phi) is 25.7. The number of rotatable bonds is 29. The number of aliphatic hydroxyl groups excluding tert-OH is 1. The molecule has 37 heavy (non-hydrogen) atoms. The van der Waals surface area contributed by atoms with Gasteiger partial charge in [-0.1, -0.05) is 160 Å². The van der Waals surface area contributed by atoms with Gasteiger partial charge in [-0.2, -0.15) is 0 Å². The SMILES string of the molecule is CCCCCCCCCc1ccc(OCCCCCCCCCCCCCCCCCCCCO)cc1. The molecule has 2 nitrogen and oxygen atoms in total. The van der Waals surface area contributed by atoms with Gasteiger partial charge in [-0.25, -0.2) is 0 Å². The van der Waals surface area contributed by atoms with Crippen LogP contribution in [0, 0.1) is 0 Å². The molecule has 0 fully saturated rings. The Morgan fingerprint density at radius 2 is 0.838 bits per heavy atom. The molecule has 1 N–H and O–H groups in total. The van der Waals surface area contributed by atoms with Gasteiger partial charge in [0.1, 0.15) is 5.75 Å². The van der Waals surface area contributed by atoms with Crippen LogP contribution in [0.4, 0.5) is 0 Å². The minimum Gasteiger partial charge on any atom is -0.494 e. The van der Waals surface area contributed by atoms with Gasteiger partial charge in [0.2, 0.25) is 0 Å². The topological polar surface area (TPSA) is 29.5 Å². The van der Waals surface area contributed by atoms with Crippen molar-refractivity contribution in [2.24, 2.45) is 0 Å². The number of aryl methyl sites for hydroxylation is 1. The Morgan fingerprint density at radius 3 is 1.27 bits per heavy atom. The molecular weight excluding hydrogens is 452 g/mol. The molecule has 2 heteroatoms. The summed E-state index contributed by atoms with van der Waals surface area (Å²) in [5.74, 6) is 1.04. The first-order valence-electron chi connectivity index (χ1n) is 16.7. The van der Waals surface area contributed by atoms with E-state index in [0.717, 1.165) is 18.8 Å². The fraction of sp³-hybridized carbons (Fsp3) is 0.829. The Balaban J connectivity index is 1.79. The molecular formula is C35H64O2. The number of ether oxygens (including phenoxy) is 1. The number of hydrogen-bond donors (Lipinski definition) is 1. The molecule has 0 aromatic heterocycles. The molecule has 1 aromatic carbocycles. The van der Waals surface area contributed by atoms with E-state index in [1.54, 1.807) is 0 Å². The summed E-state index contributed by atoms with van der Waals surface area (Å²) in [6.45, 7) is 3.51. The largest absolute Gasteiger partial charge is 0.494 e. The molecule has 0 aliphatic carbocycles. The zero-order valence-corrected chi connectivity index (χ0v) is 25.0. The van der Waals surface area contributed by atoms with Crippen molar-refractivity contribution in [3.8, 4) is 5.75 Å². The first-order valence-corrected chi connectivity index (χ1v) is 16.7. The van der Waals surface area contributed by atoms with Gasteiger partial charge in [-0.15, -0.1) is 0 Å². The van der Waals surface area contributed by atoms with E-state index < -0.39 is 0 Å². The second kappa shape index (κ2) is 28.0. The lowest BCUT2D eigenvalue weighted by molar-refractivity contribution is 0.282. The summed E-state index contributed by atoms with van der Waals surface area (Å²) in [7, 11) is 0. The standard InChI is InChI=1S/C35H64O2/c1-2-3-4-5-18-21-24-27-34-28-30-35(31-29-34)37-33-26-23-20-17-15-13-11-9-7-6-8-10-12-14-16-19-22-25-32-36/h28-31,36H,2-27,32-33H2,1H3. The average molecular weight is 517 g/mol. The van der Waals surface area contributed by atoms with Crippen molar-refractivity contribution in [3.05, 3.63) is 29.8 Å². The average Bonchev–Trinajstić information content (AvgIpc) is 2.92. The smallest absolute Gasteiger partial charge is 0.119 e. The summed E-state index contributed by atoms with van der Waals surface area (Å²) in [6, 6.07) is 8.85. The summed E-state index contributed by atoms with van der Waals surface area (Å²) in [6.07, 6.45) is 35.2. The maximum absolute atomic E-state index is 8.78. The van der Waals surface area contributed by atoms with E-state index in [0.29, 0.717) is 6.61 Å². The van der Waals surface area contributed by atoms with Gasteiger partial charge >= 0.3 is 0 Å². The van der Waals surface area contributed by atoms with E-state index in [9.17, 15) is 0 Å². The van der Waals surface area contributed by atoms with Gasteiger partial charge in [-0.05, 0) is 43.4 Å². The van der Waals surface area contributed by atoms with Crippen LogP contribution < -0.4 is 4.74 Å². The van der Waals surface area contributed by atoms with Crippen LogP contribution in [0.1, 0.15) is 173 Å². The molecule has 0 bridgehead atoms. The number of hydrogen-bond acceptors (Lipinski definition) is 2. The summed E-state index contributed by atoms with van der Waals surface area (Å²) < 4.78 is 5.97. The second-order valence-electron chi connectivity index (χ2n) is 11.5. The van der Waals surface area contributed by atoms with E-state index in [1.165, 1.54) is 166 Å². The van der Waals surface area contributed by atoms with E-state index in [4.69, 9.17) is 9.84 Å². The van der Waals surface area contributed by atoms with Crippen LogP contribution in [-0.4, -0.2) is 18.3 Å². The summed E-state index contributed by atoms with van der Waals surface area (Å²) in [5.41, 5.74) is 1.46. The molecule has 1 aromatic rings. The Labute approximate surface area is 232 Å². The summed E-state index contributed by atoms with van der Waals surface area (Å²) >= 11 is 0. The fourth-order valence-electron chi connectivity index (χ4n) is 5.27. The van der Waals surface area contributed by atoms with Crippen LogP contribution in [0.25, 0.3) is 0 Å². The van der Waals surface area contributed by atoms with Crippen molar-refractivity contribution in [3.63, 3.8) is 0 Å². The highest BCUT2D eigenvalue weighted by atomic mass is 16.5. The van der Waals surface area contributed by atoms with E-state index in [2.05, 4.69) is 31.2 Å². The lowest BCUT2D eigenvalue weighted by Gasteiger charge is -2.08. The highest BCUT2D eigenvalue weighted by molar-refractivity contribution is 5.27. The highest BCUT2D eigenvalue weighted by Gasteiger charge is 1.99. The van der Waals surface area contributed by atoms with Crippen LogP contribution in [0.3, 0.4) is 0 Å². The highest BCUT2D eigenvalue weighted by Crippen LogP contribution is 2.17. The lowest BCUT2D eigenvalue weighted by atomic mass is 10.0. The minimum atomic E-state index is 0.366. The summed E-state index contributed by atoms with van der Waals surface area (Å²) in [5, 5.41) is 8.78. The quantitative estimate of drug-likeness (QED) is 0.107. The lowest BCUT2D eigenvalue weighted by Crippen LogP contribution is -1.97.